The normalized spacial score (nSPS) is 16.2. The third-order valence-electron chi connectivity index (χ3n) is 8.16. The molecule has 274 valence electrons. The van der Waals surface area contributed by atoms with Crippen LogP contribution in [0.25, 0.3) is 0 Å². The Bertz CT molecular complexity index is 1790. The van der Waals surface area contributed by atoms with Crippen LogP contribution in [0.3, 0.4) is 0 Å². The number of alkyl halides is 6. The van der Waals surface area contributed by atoms with Crippen LogP contribution in [-0.2, 0) is 33.0 Å². The summed E-state index contributed by atoms with van der Waals surface area (Å²) in [6, 6.07) is 5.90. The summed E-state index contributed by atoms with van der Waals surface area (Å²) in [7, 11) is 1.44. The molecule has 2 atom stereocenters. The second-order valence-electron chi connectivity index (χ2n) is 12.4. The zero-order valence-electron chi connectivity index (χ0n) is 28.0. The predicted octanol–water partition coefficient (Wildman–Crippen LogP) is 7.39. The molecule has 11 nitrogen and oxygen atoms in total. The maximum atomic E-state index is 13.9. The smallest absolute Gasteiger partial charge is 0.416 e. The molecule has 0 aliphatic carbocycles. The Kier molecular flexibility index (Phi) is 11.7. The molecule has 0 saturated heterocycles. The van der Waals surface area contributed by atoms with E-state index in [1.54, 1.807) is 13.0 Å². The van der Waals surface area contributed by atoms with Gasteiger partial charge in [0, 0.05) is 19.6 Å². The molecule has 0 bridgehead atoms. The fourth-order valence-corrected chi connectivity index (χ4v) is 5.37. The summed E-state index contributed by atoms with van der Waals surface area (Å²) >= 11 is 0. The van der Waals surface area contributed by atoms with Crippen LogP contribution in [0.4, 0.5) is 42.8 Å². The van der Waals surface area contributed by atoms with Crippen molar-refractivity contribution >= 4 is 23.7 Å². The molecule has 17 heteroatoms. The number of aliphatic carboxylic acids is 1. The maximum Gasteiger partial charge on any atom is 0.416 e. The molecule has 1 aliphatic rings. The Labute approximate surface area is 289 Å². The standard InChI is InChI=1S/C34H35F6N5O6/c1-5-23-15-25(24-14-21(33(35,36)37)6-7-27(24)45(23)31(48)51-18-32(2,3)29(46)47)43-30-42-17-28(50-9-8-49-4)26(44-30)13-19-10-20(16-41)12-22(11-19)34(38,39)40/h6-7,10-12,14,17,23,25H,5,8-9,13,15,18H2,1-4H3,(H,46,47)(H,42,43,44)/t23-,25+/m1/s1. The van der Waals surface area contributed by atoms with Crippen molar-refractivity contribution in [1.29, 1.82) is 5.26 Å². The third-order valence-corrected chi connectivity index (χ3v) is 8.16. The SMILES string of the molecule is CC[C@@H]1C[C@H](Nc2ncc(OCCOC)c(Cc3cc(C#N)cc(C(F)(F)F)c3)n2)c2cc(C(F)(F)F)ccc2N1C(=O)OCC(C)(C)C(=O)O. The van der Waals surface area contributed by atoms with Crippen LogP contribution in [0.1, 0.15) is 73.2 Å². The number of hydrogen-bond acceptors (Lipinski definition) is 9. The van der Waals surface area contributed by atoms with E-state index in [2.05, 4.69) is 15.3 Å². The number of nitrogens with one attached hydrogen (secondary N) is 1. The first-order chi connectivity index (χ1) is 23.9. The fraction of sp³-hybridized carbons (Fsp3) is 0.441. The van der Waals surface area contributed by atoms with Gasteiger partial charge in [0.05, 0.1) is 58.4 Å². The number of carbonyl (C=O) groups is 2. The van der Waals surface area contributed by atoms with Gasteiger partial charge in [-0.25, -0.2) is 14.8 Å². The van der Waals surface area contributed by atoms with E-state index in [0.29, 0.717) is 6.42 Å². The summed E-state index contributed by atoms with van der Waals surface area (Å²) in [5.41, 5.74) is -3.35. The third kappa shape index (κ3) is 9.37. The largest absolute Gasteiger partial charge is 0.488 e. The highest BCUT2D eigenvalue weighted by Gasteiger charge is 2.40. The Morgan fingerprint density at radius 1 is 1.06 bits per heavy atom. The molecule has 3 aromatic rings. The van der Waals surface area contributed by atoms with Crippen molar-refractivity contribution in [2.45, 2.75) is 64.5 Å². The topological polar surface area (TPSA) is 147 Å². The molecule has 51 heavy (non-hydrogen) atoms. The summed E-state index contributed by atoms with van der Waals surface area (Å²) in [6.45, 7) is 4.17. The van der Waals surface area contributed by atoms with E-state index in [1.807, 2.05) is 0 Å². The molecular weight excluding hydrogens is 688 g/mol. The van der Waals surface area contributed by atoms with Gasteiger partial charge in [-0.3, -0.25) is 9.69 Å². The van der Waals surface area contributed by atoms with Crippen LogP contribution in [0.5, 0.6) is 5.75 Å². The van der Waals surface area contributed by atoms with E-state index in [-0.39, 0.29) is 65.8 Å². The van der Waals surface area contributed by atoms with E-state index in [9.17, 15) is 46.3 Å². The molecule has 2 N–H and O–H groups in total. The fourth-order valence-electron chi connectivity index (χ4n) is 5.37. The molecular formula is C34H35F6N5O6. The van der Waals surface area contributed by atoms with Gasteiger partial charge < -0.3 is 24.6 Å². The maximum absolute atomic E-state index is 13.9. The molecule has 2 aromatic carbocycles. The Hall–Kier alpha value is -5.11. The molecule has 1 amide bonds. The number of rotatable bonds is 12. The monoisotopic (exact) mass is 723 g/mol. The Morgan fingerprint density at radius 2 is 1.76 bits per heavy atom. The average molecular weight is 724 g/mol. The zero-order valence-corrected chi connectivity index (χ0v) is 28.0. The van der Waals surface area contributed by atoms with Crippen molar-refractivity contribution in [3.05, 3.63) is 76.1 Å². The second kappa shape index (κ2) is 15.4. The van der Waals surface area contributed by atoms with Crippen molar-refractivity contribution < 1.29 is 55.2 Å². The minimum Gasteiger partial charge on any atom is -0.488 e. The Balaban J connectivity index is 1.75. The molecule has 0 spiro atoms. The number of hydrogen-bond donors (Lipinski definition) is 2. The van der Waals surface area contributed by atoms with E-state index in [0.717, 1.165) is 30.3 Å². The van der Waals surface area contributed by atoms with Crippen LogP contribution < -0.4 is 15.0 Å². The summed E-state index contributed by atoms with van der Waals surface area (Å²) < 4.78 is 98.6. The van der Waals surface area contributed by atoms with Gasteiger partial charge >= 0.3 is 24.4 Å². The first-order valence-corrected chi connectivity index (χ1v) is 15.6. The number of methoxy groups -OCH3 is 1. The van der Waals surface area contributed by atoms with Gasteiger partial charge in [-0.15, -0.1) is 0 Å². The summed E-state index contributed by atoms with van der Waals surface area (Å²) in [5.74, 6) is -1.21. The van der Waals surface area contributed by atoms with Gasteiger partial charge in [-0.2, -0.15) is 31.6 Å². The highest BCUT2D eigenvalue weighted by atomic mass is 19.4. The van der Waals surface area contributed by atoms with E-state index < -0.39 is 59.6 Å². The molecule has 4 rings (SSSR count). The first kappa shape index (κ1) is 38.7. The molecule has 0 radical (unpaired) electrons. The summed E-state index contributed by atoms with van der Waals surface area (Å²) in [5, 5.41) is 21.8. The lowest BCUT2D eigenvalue weighted by Gasteiger charge is -2.40. The van der Waals surface area contributed by atoms with Crippen molar-refractivity contribution in [3.63, 3.8) is 0 Å². The number of anilines is 2. The number of ether oxygens (including phenoxy) is 3. The highest BCUT2D eigenvalue weighted by Crippen LogP contribution is 2.43. The second-order valence-corrected chi connectivity index (χ2v) is 12.4. The number of carboxylic acid groups (broad SMARTS) is 1. The lowest BCUT2D eigenvalue weighted by molar-refractivity contribution is -0.149. The number of amides is 1. The van der Waals surface area contributed by atoms with E-state index in [1.165, 1.54) is 38.1 Å². The number of carbonyl (C=O) groups excluding carboxylic acids is 1. The summed E-state index contributed by atoms with van der Waals surface area (Å²) in [4.78, 5) is 34.9. The number of nitriles is 1. The van der Waals surface area contributed by atoms with Crippen molar-refractivity contribution in [3.8, 4) is 11.8 Å². The van der Waals surface area contributed by atoms with Crippen LogP contribution in [-0.4, -0.2) is 60.1 Å². The number of benzene rings is 2. The number of halogens is 6. The van der Waals surface area contributed by atoms with Crippen LogP contribution in [0.2, 0.25) is 0 Å². The average Bonchev–Trinajstić information content (AvgIpc) is 3.06. The number of nitrogens with zero attached hydrogens (tertiary/aromatic N) is 4. The minimum atomic E-state index is -4.74. The first-order valence-electron chi connectivity index (χ1n) is 15.6. The van der Waals surface area contributed by atoms with Crippen molar-refractivity contribution in [2.24, 2.45) is 5.41 Å². The number of aromatic nitrogens is 2. The number of fused-ring (bicyclic) bond motifs is 1. The van der Waals surface area contributed by atoms with Crippen LogP contribution in [0, 0.1) is 16.7 Å². The molecule has 0 saturated carbocycles. The van der Waals surface area contributed by atoms with Gasteiger partial charge in [0.2, 0.25) is 5.95 Å². The minimum absolute atomic E-state index is 0.0374. The lowest BCUT2D eigenvalue weighted by Crippen LogP contribution is -2.47. The Morgan fingerprint density at radius 3 is 2.37 bits per heavy atom. The van der Waals surface area contributed by atoms with Crippen LogP contribution in [0.15, 0.2) is 42.6 Å². The highest BCUT2D eigenvalue weighted by molar-refractivity contribution is 5.91. The van der Waals surface area contributed by atoms with Crippen LogP contribution >= 0.6 is 0 Å². The van der Waals surface area contributed by atoms with Crippen molar-refractivity contribution in [2.75, 3.05) is 37.1 Å². The predicted molar refractivity (Wildman–Crippen MR) is 170 cm³/mol. The number of carboxylic acids is 1. The molecule has 1 aliphatic heterocycles. The molecule has 2 heterocycles. The summed E-state index contributed by atoms with van der Waals surface area (Å²) in [6.07, 6.45) is -9.01. The van der Waals surface area contributed by atoms with Gasteiger partial charge in [-0.1, -0.05) is 6.92 Å². The molecule has 1 aromatic heterocycles. The van der Waals surface area contributed by atoms with Gasteiger partial charge in [0.25, 0.3) is 0 Å². The van der Waals surface area contributed by atoms with E-state index in [4.69, 9.17) is 14.2 Å². The van der Waals surface area contributed by atoms with Gasteiger partial charge in [0.1, 0.15) is 13.2 Å². The van der Waals surface area contributed by atoms with Crippen molar-refractivity contribution in [1.82, 2.24) is 9.97 Å². The van der Waals surface area contributed by atoms with Gasteiger partial charge in [0.15, 0.2) is 5.75 Å². The van der Waals surface area contributed by atoms with Gasteiger partial charge in [-0.05, 0) is 74.2 Å². The van der Waals surface area contributed by atoms with E-state index >= 15 is 0 Å². The lowest BCUT2D eigenvalue weighted by atomic mass is 9.89. The molecule has 0 unspecified atom stereocenters. The quantitative estimate of drug-likeness (QED) is 0.143. The molecule has 0 fully saturated rings. The zero-order chi connectivity index (χ0) is 37.7.